The predicted molar refractivity (Wildman–Crippen MR) is 72.5 cm³/mol. The molecule has 6 nitrogen and oxygen atoms in total. The van der Waals surface area contributed by atoms with E-state index in [0.717, 1.165) is 0 Å². The Morgan fingerprint density at radius 1 is 1.37 bits per heavy atom. The first kappa shape index (κ1) is 14.0. The van der Waals surface area contributed by atoms with Crippen molar-refractivity contribution < 1.29 is 4.92 Å². The van der Waals surface area contributed by atoms with Gasteiger partial charge >= 0.3 is 0 Å². The molecule has 1 aromatic heterocycles. The smallest absolute Gasteiger partial charge is 0.258 e. The molecule has 0 aliphatic rings. The molecule has 0 N–H and O–H groups in total. The van der Waals surface area contributed by atoms with E-state index < -0.39 is 4.92 Å². The fourth-order valence-electron chi connectivity index (χ4n) is 1.54. The van der Waals surface area contributed by atoms with Gasteiger partial charge in [0.1, 0.15) is 0 Å². The number of nitro groups is 1. The van der Waals surface area contributed by atoms with Gasteiger partial charge in [-0.1, -0.05) is 28.4 Å². The van der Waals surface area contributed by atoms with Crippen LogP contribution in [0.4, 0.5) is 5.69 Å². The van der Waals surface area contributed by atoms with Gasteiger partial charge < -0.3 is 0 Å². The van der Waals surface area contributed by atoms with Crippen molar-refractivity contribution in [3.05, 3.63) is 44.2 Å². The zero-order valence-corrected chi connectivity index (χ0v) is 11.7. The number of aryl methyl sites for hydroxylation is 1. The van der Waals surface area contributed by atoms with Crippen LogP contribution in [0.15, 0.2) is 18.3 Å². The van der Waals surface area contributed by atoms with Crippen LogP contribution < -0.4 is 0 Å². The second kappa shape index (κ2) is 5.73. The van der Waals surface area contributed by atoms with E-state index in [2.05, 4.69) is 10.3 Å². The Hall–Kier alpha value is -1.37. The molecule has 9 heteroatoms. The number of nitrogens with zero attached hydrogens (tertiary/aromatic N) is 4. The molecule has 0 fully saturated rings. The zero-order chi connectivity index (χ0) is 14.0. The normalized spacial score (nSPS) is 10.7. The molecule has 0 amide bonds. The molecular formula is C10H7Cl3N4O2. The molecule has 1 aromatic carbocycles. The quantitative estimate of drug-likeness (QED) is 0.492. The lowest BCUT2D eigenvalue weighted by Crippen LogP contribution is -2.02. The summed E-state index contributed by atoms with van der Waals surface area (Å²) in [6.45, 7) is 0. The van der Waals surface area contributed by atoms with Gasteiger partial charge in [0.15, 0.2) is 5.69 Å². The monoisotopic (exact) mass is 320 g/mol. The van der Waals surface area contributed by atoms with Gasteiger partial charge in [0.05, 0.1) is 21.8 Å². The molecule has 0 radical (unpaired) electrons. The Bertz CT molecular complexity index is 629. The van der Waals surface area contributed by atoms with Gasteiger partial charge in [-0.25, -0.2) is 4.68 Å². The average Bonchev–Trinajstić information content (AvgIpc) is 2.76. The molecule has 2 aromatic rings. The molecule has 19 heavy (non-hydrogen) atoms. The maximum absolute atomic E-state index is 11.0. The summed E-state index contributed by atoms with van der Waals surface area (Å²) >= 11 is 17.3. The van der Waals surface area contributed by atoms with Crippen molar-refractivity contribution in [2.24, 2.45) is 0 Å². The van der Waals surface area contributed by atoms with Crippen LogP contribution >= 0.6 is 34.8 Å². The van der Waals surface area contributed by atoms with Gasteiger partial charge in [-0.15, -0.1) is 16.7 Å². The van der Waals surface area contributed by atoms with Gasteiger partial charge in [0.2, 0.25) is 0 Å². The highest BCUT2D eigenvalue weighted by Crippen LogP contribution is 2.33. The van der Waals surface area contributed by atoms with Crippen LogP contribution in [0.2, 0.25) is 10.0 Å². The maximum Gasteiger partial charge on any atom is 0.297 e. The second-order valence-electron chi connectivity index (χ2n) is 3.61. The number of halogens is 3. The van der Waals surface area contributed by atoms with E-state index in [-0.39, 0.29) is 21.4 Å². The van der Waals surface area contributed by atoms with Gasteiger partial charge in [-0.2, -0.15) is 0 Å². The van der Waals surface area contributed by atoms with E-state index >= 15 is 0 Å². The Morgan fingerprint density at radius 2 is 2.11 bits per heavy atom. The standard InChI is InChI=1S/C10H7Cl3N4O2/c11-2-1-7-5-16(15-14-7)10-8(13)3-6(12)4-9(10)17(18)19/h3-5H,1-2H2. The van der Waals surface area contributed by atoms with Crippen molar-refractivity contribution in [3.63, 3.8) is 0 Å². The SMILES string of the molecule is O=[N+]([O-])c1cc(Cl)cc(Cl)c1-n1cc(CCCl)nn1. The van der Waals surface area contributed by atoms with E-state index in [1.165, 1.54) is 16.8 Å². The summed E-state index contributed by atoms with van der Waals surface area (Å²) in [6.07, 6.45) is 2.06. The van der Waals surface area contributed by atoms with Crippen LogP contribution in [0.1, 0.15) is 5.69 Å². The number of rotatable bonds is 4. The van der Waals surface area contributed by atoms with Crippen molar-refractivity contribution in [3.8, 4) is 5.69 Å². The summed E-state index contributed by atoms with van der Waals surface area (Å²) in [5, 5.41) is 19.0. The van der Waals surface area contributed by atoms with E-state index in [1.807, 2.05) is 0 Å². The highest BCUT2D eigenvalue weighted by atomic mass is 35.5. The largest absolute Gasteiger partial charge is 0.297 e. The molecule has 0 atom stereocenters. The van der Waals surface area contributed by atoms with E-state index in [4.69, 9.17) is 34.8 Å². The Labute approximate surface area is 123 Å². The van der Waals surface area contributed by atoms with E-state index in [1.54, 1.807) is 6.20 Å². The molecule has 0 aliphatic heterocycles. The van der Waals surface area contributed by atoms with Crippen molar-refractivity contribution in [1.82, 2.24) is 15.0 Å². The minimum Gasteiger partial charge on any atom is -0.258 e. The number of aromatic nitrogens is 3. The van der Waals surface area contributed by atoms with Gasteiger partial charge in [-0.05, 0) is 6.07 Å². The van der Waals surface area contributed by atoms with E-state index in [9.17, 15) is 10.1 Å². The first-order valence-corrected chi connectivity index (χ1v) is 6.43. The summed E-state index contributed by atoms with van der Waals surface area (Å²) in [6, 6.07) is 2.63. The predicted octanol–water partition coefficient (Wildman–Crippen LogP) is 3.26. The third-order valence-corrected chi connectivity index (χ3v) is 3.02. The van der Waals surface area contributed by atoms with Crippen LogP contribution in [0.3, 0.4) is 0 Å². The molecule has 0 aliphatic carbocycles. The van der Waals surface area contributed by atoms with Gasteiger partial charge in [-0.3, -0.25) is 10.1 Å². The Kier molecular flexibility index (Phi) is 4.24. The summed E-state index contributed by atoms with van der Waals surface area (Å²) in [4.78, 5) is 10.5. The first-order valence-electron chi connectivity index (χ1n) is 5.14. The summed E-state index contributed by atoms with van der Waals surface area (Å²) in [5.41, 5.74) is 0.513. The molecular weight excluding hydrogens is 314 g/mol. The van der Waals surface area contributed by atoms with Crippen LogP contribution in [-0.2, 0) is 6.42 Å². The molecule has 1 heterocycles. The minimum atomic E-state index is -0.573. The highest BCUT2D eigenvalue weighted by Gasteiger charge is 2.21. The lowest BCUT2D eigenvalue weighted by Gasteiger charge is -2.05. The number of alkyl halides is 1. The van der Waals surface area contributed by atoms with Crippen LogP contribution in [0.5, 0.6) is 0 Å². The molecule has 0 bridgehead atoms. The lowest BCUT2D eigenvalue weighted by atomic mass is 10.2. The third-order valence-electron chi connectivity index (χ3n) is 2.33. The summed E-state index contributed by atoms with van der Waals surface area (Å²) in [5.74, 6) is 0.384. The molecule has 0 saturated carbocycles. The molecule has 0 spiro atoms. The third kappa shape index (κ3) is 2.97. The Balaban J connectivity index is 2.56. The summed E-state index contributed by atoms with van der Waals surface area (Å²) in [7, 11) is 0. The first-order chi connectivity index (χ1) is 9.02. The number of benzene rings is 1. The summed E-state index contributed by atoms with van der Waals surface area (Å²) < 4.78 is 1.25. The van der Waals surface area contributed by atoms with E-state index in [0.29, 0.717) is 18.0 Å². The molecule has 0 unspecified atom stereocenters. The zero-order valence-electron chi connectivity index (χ0n) is 9.39. The van der Waals surface area contributed by atoms with Gasteiger partial charge in [0.25, 0.3) is 5.69 Å². The molecule has 100 valence electrons. The van der Waals surface area contributed by atoms with Crippen LogP contribution in [0.25, 0.3) is 5.69 Å². The second-order valence-corrected chi connectivity index (χ2v) is 4.83. The average molecular weight is 322 g/mol. The maximum atomic E-state index is 11.0. The minimum absolute atomic E-state index is 0.126. The lowest BCUT2D eigenvalue weighted by molar-refractivity contribution is -0.384. The fraction of sp³-hybridized carbons (Fsp3) is 0.200. The number of hydrogen-bond acceptors (Lipinski definition) is 4. The number of hydrogen-bond donors (Lipinski definition) is 0. The van der Waals surface area contributed by atoms with Crippen molar-refractivity contribution in [1.29, 1.82) is 0 Å². The molecule has 2 rings (SSSR count). The van der Waals surface area contributed by atoms with Gasteiger partial charge in [0, 0.05) is 23.4 Å². The topological polar surface area (TPSA) is 73.8 Å². The number of nitro benzene ring substituents is 1. The van der Waals surface area contributed by atoms with Crippen LogP contribution in [-0.4, -0.2) is 25.8 Å². The van der Waals surface area contributed by atoms with Crippen molar-refractivity contribution in [2.75, 3.05) is 5.88 Å². The molecule has 0 saturated heterocycles. The Morgan fingerprint density at radius 3 is 2.74 bits per heavy atom. The van der Waals surface area contributed by atoms with Crippen molar-refractivity contribution in [2.45, 2.75) is 6.42 Å². The van der Waals surface area contributed by atoms with Crippen molar-refractivity contribution >= 4 is 40.5 Å². The highest BCUT2D eigenvalue weighted by molar-refractivity contribution is 6.36. The van der Waals surface area contributed by atoms with Crippen LogP contribution in [0, 0.1) is 10.1 Å². The fourth-order valence-corrected chi connectivity index (χ4v) is 2.30.